The van der Waals surface area contributed by atoms with Gasteiger partial charge in [-0.2, -0.15) is 0 Å². The fourth-order valence-electron chi connectivity index (χ4n) is 2.34. The van der Waals surface area contributed by atoms with Crippen molar-refractivity contribution in [2.45, 2.75) is 19.3 Å². The zero-order valence-corrected chi connectivity index (χ0v) is 11.9. The van der Waals surface area contributed by atoms with Crippen molar-refractivity contribution in [3.8, 4) is 11.5 Å². The van der Waals surface area contributed by atoms with Gasteiger partial charge in [-0.15, -0.1) is 0 Å². The molecule has 1 aromatic carbocycles. The summed E-state index contributed by atoms with van der Waals surface area (Å²) in [5, 5.41) is 13.0. The second-order valence-electron chi connectivity index (χ2n) is 4.60. The quantitative estimate of drug-likeness (QED) is 0.900. The van der Waals surface area contributed by atoms with Crippen LogP contribution in [0.1, 0.15) is 18.4 Å². The number of ether oxygens (including phenoxy) is 1. The predicted molar refractivity (Wildman–Crippen MR) is 71.6 cm³/mol. The lowest BCUT2D eigenvalue weighted by molar-refractivity contribution is 0.345. The molecule has 1 aromatic rings. The van der Waals surface area contributed by atoms with Crippen molar-refractivity contribution in [3.05, 3.63) is 21.9 Å². The summed E-state index contributed by atoms with van der Waals surface area (Å²) in [6, 6.07) is 1.62. The molecule has 18 heavy (non-hydrogen) atoms. The molecule has 2 N–H and O–H groups in total. The van der Waals surface area contributed by atoms with Gasteiger partial charge in [0.15, 0.2) is 17.3 Å². The molecule has 0 atom stereocenters. The maximum atomic E-state index is 14.1. The Hall–Kier alpha value is -0.810. The first-order valence-electron chi connectivity index (χ1n) is 6.08. The second-order valence-corrected chi connectivity index (χ2v) is 5.45. The van der Waals surface area contributed by atoms with Crippen LogP contribution in [0, 0.1) is 11.7 Å². The van der Waals surface area contributed by atoms with E-state index in [-0.39, 0.29) is 5.75 Å². The third kappa shape index (κ3) is 2.78. The van der Waals surface area contributed by atoms with Crippen LogP contribution in [0.3, 0.4) is 0 Å². The van der Waals surface area contributed by atoms with E-state index in [1.54, 1.807) is 6.07 Å². The van der Waals surface area contributed by atoms with Gasteiger partial charge in [0.2, 0.25) is 0 Å². The number of benzene rings is 1. The lowest BCUT2D eigenvalue weighted by atomic mass is 9.90. The smallest absolute Gasteiger partial charge is 0.194 e. The van der Waals surface area contributed by atoms with Gasteiger partial charge in [-0.05, 0) is 44.3 Å². The fraction of sp³-hybridized carbons (Fsp3) is 0.538. The monoisotopic (exact) mass is 317 g/mol. The topological polar surface area (TPSA) is 41.5 Å². The number of methoxy groups -OCH3 is 1. The van der Waals surface area contributed by atoms with E-state index >= 15 is 0 Å². The van der Waals surface area contributed by atoms with Crippen LogP contribution in [0.5, 0.6) is 11.5 Å². The number of phenolic OH excluding ortho intramolecular Hbond substituents is 1. The Morgan fingerprint density at radius 3 is 2.78 bits per heavy atom. The number of rotatable bonds is 3. The van der Waals surface area contributed by atoms with E-state index in [2.05, 4.69) is 21.2 Å². The molecule has 0 amide bonds. The molecule has 100 valence electrons. The molecule has 0 radical (unpaired) electrons. The molecule has 1 aliphatic rings. The van der Waals surface area contributed by atoms with Crippen molar-refractivity contribution < 1.29 is 14.2 Å². The highest BCUT2D eigenvalue weighted by Gasteiger charge is 2.21. The summed E-state index contributed by atoms with van der Waals surface area (Å²) in [6.07, 6.45) is 2.73. The number of piperidine rings is 1. The van der Waals surface area contributed by atoms with Crippen LogP contribution in [0.4, 0.5) is 4.39 Å². The molecule has 0 aromatic heterocycles. The summed E-state index contributed by atoms with van der Waals surface area (Å²) in [6.45, 7) is 1.96. The van der Waals surface area contributed by atoms with Gasteiger partial charge in [0.25, 0.3) is 0 Å². The zero-order chi connectivity index (χ0) is 13.1. The minimum absolute atomic E-state index is 0.161. The average molecular weight is 318 g/mol. The number of aromatic hydroxyl groups is 1. The Balaban J connectivity index is 2.24. The molecular weight excluding hydrogens is 301 g/mol. The molecule has 0 saturated carbocycles. The average Bonchev–Trinajstić information content (AvgIpc) is 2.40. The summed E-state index contributed by atoms with van der Waals surface area (Å²) < 4.78 is 19.7. The first-order valence-corrected chi connectivity index (χ1v) is 6.87. The normalized spacial score (nSPS) is 16.8. The van der Waals surface area contributed by atoms with Crippen LogP contribution >= 0.6 is 15.9 Å². The van der Waals surface area contributed by atoms with E-state index in [0.717, 1.165) is 25.9 Å². The fourth-order valence-corrected chi connectivity index (χ4v) is 2.89. The van der Waals surface area contributed by atoms with Crippen LogP contribution in [0.15, 0.2) is 10.5 Å². The summed E-state index contributed by atoms with van der Waals surface area (Å²) in [7, 11) is 1.41. The highest BCUT2D eigenvalue weighted by atomic mass is 79.9. The van der Waals surface area contributed by atoms with Crippen LogP contribution < -0.4 is 10.1 Å². The Labute approximate surface area is 114 Å². The maximum absolute atomic E-state index is 14.1. The lowest BCUT2D eigenvalue weighted by Crippen LogP contribution is -2.28. The minimum atomic E-state index is -0.570. The van der Waals surface area contributed by atoms with E-state index in [1.807, 2.05) is 0 Å². The molecule has 0 spiro atoms. The van der Waals surface area contributed by atoms with Crippen molar-refractivity contribution in [1.82, 2.24) is 5.32 Å². The van der Waals surface area contributed by atoms with Crippen molar-refractivity contribution in [2.75, 3.05) is 20.2 Å². The molecular formula is C13H17BrFNO2. The molecule has 2 rings (SSSR count). The van der Waals surface area contributed by atoms with E-state index in [1.165, 1.54) is 7.11 Å². The largest absolute Gasteiger partial charge is 0.502 e. The van der Waals surface area contributed by atoms with Gasteiger partial charge < -0.3 is 15.2 Å². The molecule has 1 heterocycles. The Morgan fingerprint density at radius 1 is 1.50 bits per heavy atom. The van der Waals surface area contributed by atoms with E-state index < -0.39 is 11.6 Å². The van der Waals surface area contributed by atoms with E-state index in [4.69, 9.17) is 4.74 Å². The van der Waals surface area contributed by atoms with Gasteiger partial charge in [-0.3, -0.25) is 0 Å². The van der Waals surface area contributed by atoms with Gasteiger partial charge in [0.1, 0.15) is 0 Å². The highest BCUT2D eigenvalue weighted by molar-refractivity contribution is 9.10. The summed E-state index contributed by atoms with van der Waals surface area (Å²) in [5.74, 6) is -0.345. The van der Waals surface area contributed by atoms with Crippen LogP contribution in [-0.4, -0.2) is 25.3 Å². The summed E-state index contributed by atoms with van der Waals surface area (Å²) >= 11 is 3.35. The first-order chi connectivity index (χ1) is 8.63. The SMILES string of the molecule is COc1cc(Br)c(CC2CCNCC2)c(F)c1O. The van der Waals surface area contributed by atoms with Crippen molar-refractivity contribution in [2.24, 2.45) is 5.92 Å². The molecule has 1 saturated heterocycles. The van der Waals surface area contributed by atoms with Crippen LogP contribution in [-0.2, 0) is 6.42 Å². The third-order valence-corrected chi connectivity index (χ3v) is 4.13. The van der Waals surface area contributed by atoms with Gasteiger partial charge >= 0.3 is 0 Å². The van der Waals surface area contributed by atoms with Gasteiger partial charge in [0, 0.05) is 10.0 Å². The third-order valence-electron chi connectivity index (χ3n) is 3.42. The number of halogens is 2. The standard InChI is InChI=1S/C13H17BrFNO2/c1-18-11-7-10(14)9(12(15)13(11)17)6-8-2-4-16-5-3-8/h7-8,16-17H,2-6H2,1H3. The Bertz CT molecular complexity index is 433. The first kappa shape index (κ1) is 13.6. The highest BCUT2D eigenvalue weighted by Crippen LogP contribution is 2.37. The van der Waals surface area contributed by atoms with Crippen molar-refractivity contribution in [1.29, 1.82) is 0 Å². The maximum Gasteiger partial charge on any atom is 0.194 e. The van der Waals surface area contributed by atoms with Gasteiger partial charge in [-0.25, -0.2) is 4.39 Å². The predicted octanol–water partition coefficient (Wildman–Crippen LogP) is 2.84. The Kier molecular flexibility index (Phi) is 4.45. The molecule has 3 nitrogen and oxygen atoms in total. The Morgan fingerprint density at radius 2 is 2.17 bits per heavy atom. The van der Waals surface area contributed by atoms with Gasteiger partial charge in [0.05, 0.1) is 7.11 Å². The van der Waals surface area contributed by atoms with Crippen LogP contribution in [0.25, 0.3) is 0 Å². The number of phenols is 1. The van der Waals surface area contributed by atoms with Crippen molar-refractivity contribution >= 4 is 15.9 Å². The molecule has 0 bridgehead atoms. The summed E-state index contributed by atoms with van der Waals surface area (Å²) in [4.78, 5) is 0. The molecule has 5 heteroatoms. The molecule has 0 aliphatic carbocycles. The minimum Gasteiger partial charge on any atom is -0.502 e. The molecule has 1 fully saturated rings. The molecule has 1 aliphatic heterocycles. The van der Waals surface area contributed by atoms with E-state index in [0.29, 0.717) is 22.4 Å². The number of hydrogen-bond acceptors (Lipinski definition) is 3. The summed E-state index contributed by atoms with van der Waals surface area (Å²) in [5.41, 5.74) is 0.542. The zero-order valence-electron chi connectivity index (χ0n) is 10.3. The van der Waals surface area contributed by atoms with Gasteiger partial charge in [-0.1, -0.05) is 15.9 Å². The lowest BCUT2D eigenvalue weighted by Gasteiger charge is -2.23. The second kappa shape index (κ2) is 5.89. The number of nitrogens with one attached hydrogen (secondary N) is 1. The van der Waals surface area contributed by atoms with Crippen molar-refractivity contribution in [3.63, 3.8) is 0 Å². The van der Waals surface area contributed by atoms with E-state index in [9.17, 15) is 9.50 Å². The number of hydrogen-bond donors (Lipinski definition) is 2. The molecule has 0 unspecified atom stereocenters. The van der Waals surface area contributed by atoms with Crippen LogP contribution in [0.2, 0.25) is 0 Å².